The highest BCUT2D eigenvalue weighted by Crippen LogP contribution is 2.74. The van der Waals surface area contributed by atoms with Gasteiger partial charge in [0.2, 0.25) is 16.1 Å². The standard InChI is InChI=1S/2C36H57N3O5S.C26H43NO2.C11H16N2O2S/c2*1-5-27-31-21-25(40)15-17-36(31,4)30-16-18-35(3)28(13-14-29(35)32(30)33(27)41)23(2)22-37-34(42)38-45(43,44)26-11-9-24(10-12-26)39-19-7-6-8-20-39;1-6-18-22-13-16(2)9-11-26(22,5)21-10-12-25(4)19(17(3)14-27-15-28)7-8-20(25)23(21)24(18)29;12-16(14,15)11-6-4-10(5-7-11)13-8-2-1-3-9-13/h2*9-12,23,25,27-33,40-41H,5-8,13-22H2,1-4H3,(H2,37,38,42);16-24,29H,6-14H2,1-5H3;4-7H,1-3,8-9H2,(H2,12,14,15)/t2*23-,25-,27-,28-,29+,30+,31+,32+,33-,35-,36-;16-,17-,18-,19-,20+,21+,22+,23+,24-,25-,26-;/m111./s1. The van der Waals surface area contributed by atoms with Crippen LogP contribution < -0.4 is 39.9 Å². The van der Waals surface area contributed by atoms with E-state index in [-0.39, 0.29) is 102 Å². The molecule has 3 aromatic rings. The summed E-state index contributed by atoms with van der Waals surface area (Å²) in [6, 6.07) is 19.1. The number of aliphatic hydroxyl groups excluding tert-OH is 5. The van der Waals surface area contributed by atoms with Crippen molar-refractivity contribution in [3.05, 3.63) is 72.8 Å². The normalized spacial score (nSPS) is 40.4. The summed E-state index contributed by atoms with van der Waals surface area (Å²) in [7, 11) is -11.5. The Kier molecular flexibility index (Phi) is 32.5. The lowest BCUT2D eigenvalue weighted by molar-refractivity contribution is -0.203. The Balaban J connectivity index is 0.000000145. The number of nitrogens with zero attached hydrogens (tertiary/aromatic N) is 4. The van der Waals surface area contributed by atoms with Gasteiger partial charge in [-0.15, -0.1) is 0 Å². The van der Waals surface area contributed by atoms with Gasteiger partial charge in [-0.3, -0.25) is 0 Å². The molecule has 23 nitrogen and oxygen atoms in total. The molecule has 11 N–H and O–H groups in total. The highest BCUT2D eigenvalue weighted by atomic mass is 32.2. The number of urea groups is 2. The zero-order chi connectivity index (χ0) is 96.9. The maximum absolute atomic E-state index is 13.0. The van der Waals surface area contributed by atoms with Crippen molar-refractivity contribution in [1.82, 2.24) is 20.1 Å². The predicted molar refractivity (Wildman–Crippen MR) is 535 cm³/mol. The topological polar surface area (TPSA) is 351 Å². The van der Waals surface area contributed by atoms with Crippen molar-refractivity contribution in [3.8, 4) is 0 Å². The molecule has 15 aliphatic rings. The number of carbonyl (C=O) groups is 2. The molecule has 18 rings (SSSR count). The third-order valence-electron chi connectivity index (χ3n) is 41.4. The molecule has 0 aromatic heterocycles. The van der Waals surface area contributed by atoms with Crippen LogP contribution in [0.2, 0.25) is 0 Å². The number of isocyanates is 1. The molecule has 3 aromatic carbocycles. The Labute approximate surface area is 811 Å². The first-order valence-electron chi connectivity index (χ1n) is 53.8. The summed E-state index contributed by atoms with van der Waals surface area (Å²) in [6.45, 7) is 38.2. The number of carbonyl (C=O) groups excluding carboxylic acids is 3. The molecule has 3 saturated heterocycles. The number of anilines is 3. The molecule has 26 heteroatoms. The van der Waals surface area contributed by atoms with E-state index in [2.05, 4.69) is 130 Å². The van der Waals surface area contributed by atoms with Crippen molar-refractivity contribution < 1.29 is 65.2 Å². The van der Waals surface area contributed by atoms with E-state index in [0.29, 0.717) is 119 Å². The second-order valence-electron chi connectivity index (χ2n) is 48.0. The van der Waals surface area contributed by atoms with E-state index < -0.39 is 42.1 Å². The van der Waals surface area contributed by atoms with Crippen LogP contribution in [0.3, 0.4) is 0 Å². The van der Waals surface area contributed by atoms with Crippen LogP contribution in [0, 0.1) is 163 Å². The smallest absolute Gasteiger partial charge is 0.328 e. The summed E-state index contributed by atoms with van der Waals surface area (Å²) in [5, 5.41) is 67.6. The van der Waals surface area contributed by atoms with Gasteiger partial charge in [0.1, 0.15) is 0 Å². The van der Waals surface area contributed by atoms with Crippen molar-refractivity contribution in [2.45, 2.75) is 347 Å². The highest BCUT2D eigenvalue weighted by molar-refractivity contribution is 7.90. The molecular formula is C109H173N9O14S3. The van der Waals surface area contributed by atoms with E-state index in [9.17, 15) is 65.2 Å². The van der Waals surface area contributed by atoms with Gasteiger partial charge in [-0.1, -0.05) is 116 Å². The van der Waals surface area contributed by atoms with E-state index in [1.165, 1.54) is 77.0 Å². The Morgan fingerprint density at radius 3 is 1.00 bits per heavy atom. The number of aliphatic hydroxyl groups is 5. The number of primary sulfonamides is 1. The lowest BCUT2D eigenvalue weighted by atomic mass is 9.41. The van der Waals surface area contributed by atoms with E-state index in [1.54, 1.807) is 42.5 Å². The number of nitrogens with two attached hydrogens (primary N) is 1. The van der Waals surface area contributed by atoms with Gasteiger partial charge < -0.3 is 50.9 Å². The Morgan fingerprint density at radius 2 is 0.689 bits per heavy atom. The van der Waals surface area contributed by atoms with Gasteiger partial charge in [-0.25, -0.2) is 59.2 Å². The zero-order valence-electron chi connectivity index (χ0n) is 84.2. The largest absolute Gasteiger partial charge is 0.393 e. The van der Waals surface area contributed by atoms with Crippen LogP contribution in [-0.2, 0) is 34.9 Å². The minimum atomic E-state index is -3.98. The van der Waals surface area contributed by atoms with Gasteiger partial charge in [-0.2, -0.15) is 0 Å². The molecule has 12 aliphatic carbocycles. The van der Waals surface area contributed by atoms with E-state index >= 15 is 0 Å². The van der Waals surface area contributed by atoms with Crippen molar-refractivity contribution in [2.24, 2.45) is 173 Å². The number of hydrogen-bond acceptors (Lipinski definition) is 18. The number of sulfonamides is 3. The first-order chi connectivity index (χ1) is 64.1. The summed E-state index contributed by atoms with van der Waals surface area (Å²) in [4.78, 5) is 47.5. The number of piperidine rings is 3. The number of hydrogen-bond donors (Lipinski definition) is 10. The second kappa shape index (κ2) is 42.3. The zero-order valence-corrected chi connectivity index (χ0v) is 86.7. The molecule has 0 unspecified atom stereocenters. The first kappa shape index (κ1) is 104. The summed E-state index contributed by atoms with van der Waals surface area (Å²) in [6.07, 6.45) is 37.7. The second-order valence-corrected chi connectivity index (χ2v) is 52.9. The van der Waals surface area contributed by atoms with E-state index in [1.807, 2.05) is 36.4 Å². The number of fused-ring (bicyclic) bond motifs is 15. The Morgan fingerprint density at radius 1 is 0.400 bits per heavy atom. The molecule has 756 valence electrons. The third-order valence-corrected chi connectivity index (χ3v) is 45.1. The third kappa shape index (κ3) is 20.7. The van der Waals surface area contributed by atoms with Crippen LogP contribution in [0.5, 0.6) is 0 Å². The lowest BCUT2D eigenvalue weighted by Crippen LogP contribution is -2.62. The Bertz CT molecular complexity index is 4700. The molecule has 0 spiro atoms. The minimum Gasteiger partial charge on any atom is -0.393 e. The number of amides is 4. The van der Waals surface area contributed by atoms with Gasteiger partial charge >= 0.3 is 12.1 Å². The summed E-state index contributed by atoms with van der Waals surface area (Å²) in [5.41, 5.74) is 4.33. The summed E-state index contributed by atoms with van der Waals surface area (Å²) < 4.78 is 78.7. The van der Waals surface area contributed by atoms with Gasteiger partial charge in [0.25, 0.3) is 20.0 Å². The van der Waals surface area contributed by atoms with Crippen LogP contribution in [-0.4, -0.2) is 158 Å². The monoisotopic (exact) mass is 1930 g/mol. The summed E-state index contributed by atoms with van der Waals surface area (Å²) in [5.74, 6) is 9.68. The van der Waals surface area contributed by atoms with Crippen LogP contribution in [0.4, 0.5) is 26.7 Å². The van der Waals surface area contributed by atoms with Crippen molar-refractivity contribution in [2.75, 3.05) is 73.6 Å². The lowest BCUT2D eigenvalue weighted by Gasteiger charge is -2.65. The summed E-state index contributed by atoms with van der Waals surface area (Å²) >= 11 is 0. The fraction of sp³-hybridized carbons (Fsp3) is 0.807. The van der Waals surface area contributed by atoms with Gasteiger partial charge in [-0.05, 0) is 422 Å². The molecule has 0 bridgehead atoms. The molecule has 135 heavy (non-hydrogen) atoms. The first-order valence-corrected chi connectivity index (χ1v) is 58.3. The van der Waals surface area contributed by atoms with Gasteiger partial charge in [0, 0.05) is 69.4 Å². The fourth-order valence-corrected chi connectivity index (χ4v) is 36.9. The maximum atomic E-state index is 13.0. The van der Waals surface area contributed by atoms with Crippen LogP contribution in [0.1, 0.15) is 302 Å². The van der Waals surface area contributed by atoms with Crippen molar-refractivity contribution in [3.63, 3.8) is 0 Å². The average Bonchev–Trinajstić information content (AvgIpc) is 1.68. The molecule has 15 fully saturated rings. The van der Waals surface area contributed by atoms with Gasteiger partial charge in [0.15, 0.2) is 0 Å². The molecule has 0 radical (unpaired) electrons. The Hall–Kier alpha value is -5.41. The number of nitrogens with one attached hydrogen (secondary N) is 4. The molecule has 33 atom stereocenters. The molecule has 3 aliphatic heterocycles. The average molecular weight is 1930 g/mol. The number of rotatable bonds is 20. The van der Waals surface area contributed by atoms with Gasteiger partial charge in [0.05, 0.1) is 51.8 Å². The van der Waals surface area contributed by atoms with Crippen LogP contribution >= 0.6 is 0 Å². The van der Waals surface area contributed by atoms with E-state index in [0.717, 1.165) is 197 Å². The SMILES string of the molecule is CC[C@H]1[C@@H](O)[C@@H]2[C@H](CC[C@]3(C)[C@@H]([C@H](C)CN=C=O)CC[C@@H]23)[C@@]2(C)CC[C@@H](C)C[C@@H]12.CC[C@H]1[C@@H](O)[C@@H]2[C@H](CC[C@]3(C)[C@@H]([C@H](C)CNC(=O)NS(=O)(=O)c4ccc(N5CCCCC5)cc4)CC[C@@H]23)[C@@]2(C)CC[C@@H](O)C[C@@H]12.CC[C@H]1[C@@H](O)[C@@H]2[C@H](CC[C@]3(C)[C@@H]([C@H](C)CNC(=O)NS(=O)(=O)c4ccc(N5CCCCC5)cc4)CC[C@@H]23)[C@@]2(C)CC[C@@H](O)C[C@@H]12.NS(=O)(=O)c1ccc(N2CCCCC2)cc1. The fourth-order valence-electron chi connectivity index (χ4n) is 34.5. The molecule has 4 amide bonds. The molecular weight excluding hydrogens is 1760 g/mol. The van der Waals surface area contributed by atoms with Crippen molar-refractivity contribution >= 4 is 65.3 Å². The quantitative estimate of drug-likeness (QED) is 0.0371. The number of benzene rings is 3. The van der Waals surface area contributed by atoms with Crippen molar-refractivity contribution in [1.29, 1.82) is 0 Å². The van der Waals surface area contributed by atoms with Crippen LogP contribution in [0.15, 0.2) is 92.5 Å². The maximum Gasteiger partial charge on any atom is 0.328 e. The van der Waals surface area contributed by atoms with E-state index in [4.69, 9.17) is 5.14 Å². The molecule has 12 saturated carbocycles. The predicted octanol–water partition coefficient (Wildman–Crippen LogP) is 19.0. The molecule has 3 heterocycles. The highest BCUT2D eigenvalue weighted by Gasteiger charge is 2.69. The minimum absolute atomic E-state index is 0.0809. The van der Waals surface area contributed by atoms with Crippen LogP contribution in [0.25, 0.3) is 0 Å². The number of aliphatic imine (C=N–C) groups is 1.